The zero-order valence-electron chi connectivity index (χ0n) is 11.8. The summed E-state index contributed by atoms with van der Waals surface area (Å²) in [6.07, 6.45) is 0. The average molecular weight is 274 g/mol. The van der Waals surface area contributed by atoms with E-state index in [1.165, 1.54) is 0 Å². The number of pyridine rings is 1. The number of nitrogens with zero attached hydrogens (tertiary/aromatic N) is 1. The number of aromatic nitrogens is 1. The standard InChI is InChI=1S/C16H19FN2O/c1-3-18-10-13-7-5-8-14(19-13)11-20-15-9-4-6-12(2)16(15)17/h4-9,18H,3,10-11H2,1-2H3. The number of hydrogen-bond acceptors (Lipinski definition) is 3. The highest BCUT2D eigenvalue weighted by Gasteiger charge is 2.06. The first kappa shape index (κ1) is 14.5. The lowest BCUT2D eigenvalue weighted by atomic mass is 10.2. The fourth-order valence-electron chi connectivity index (χ4n) is 1.84. The van der Waals surface area contributed by atoms with Crippen LogP contribution >= 0.6 is 0 Å². The molecule has 1 aromatic carbocycles. The lowest BCUT2D eigenvalue weighted by Gasteiger charge is -2.09. The minimum Gasteiger partial charge on any atom is -0.484 e. The van der Waals surface area contributed by atoms with Crippen molar-refractivity contribution >= 4 is 0 Å². The van der Waals surface area contributed by atoms with E-state index in [9.17, 15) is 4.39 Å². The molecular weight excluding hydrogens is 255 g/mol. The highest BCUT2D eigenvalue weighted by atomic mass is 19.1. The molecular formula is C16H19FN2O. The predicted octanol–water partition coefficient (Wildman–Crippen LogP) is 3.22. The van der Waals surface area contributed by atoms with Crippen LogP contribution < -0.4 is 10.1 Å². The second-order valence-corrected chi connectivity index (χ2v) is 4.58. The van der Waals surface area contributed by atoms with Crippen LogP contribution in [0.5, 0.6) is 5.75 Å². The van der Waals surface area contributed by atoms with Gasteiger partial charge in [0, 0.05) is 6.54 Å². The maximum atomic E-state index is 13.8. The number of nitrogens with one attached hydrogen (secondary N) is 1. The van der Waals surface area contributed by atoms with Crippen LogP contribution in [0.3, 0.4) is 0 Å². The highest BCUT2D eigenvalue weighted by Crippen LogP contribution is 2.20. The Morgan fingerprint density at radius 2 is 1.90 bits per heavy atom. The minimum absolute atomic E-state index is 0.264. The molecule has 0 fully saturated rings. The summed E-state index contributed by atoms with van der Waals surface area (Å²) in [6.45, 7) is 5.66. The Morgan fingerprint density at radius 3 is 2.70 bits per heavy atom. The Balaban J connectivity index is 2.01. The molecule has 0 spiro atoms. The molecule has 0 radical (unpaired) electrons. The van der Waals surface area contributed by atoms with Crippen molar-refractivity contribution in [3.8, 4) is 5.75 Å². The molecule has 1 N–H and O–H groups in total. The summed E-state index contributed by atoms with van der Waals surface area (Å²) in [7, 11) is 0. The summed E-state index contributed by atoms with van der Waals surface area (Å²) >= 11 is 0. The largest absolute Gasteiger partial charge is 0.484 e. The van der Waals surface area contributed by atoms with Gasteiger partial charge in [-0.3, -0.25) is 4.98 Å². The van der Waals surface area contributed by atoms with Gasteiger partial charge in [0.25, 0.3) is 0 Å². The summed E-state index contributed by atoms with van der Waals surface area (Å²) in [4.78, 5) is 4.47. The molecule has 0 unspecified atom stereocenters. The van der Waals surface area contributed by atoms with E-state index in [1.807, 2.05) is 25.1 Å². The summed E-state index contributed by atoms with van der Waals surface area (Å²) in [5.74, 6) is -0.0415. The van der Waals surface area contributed by atoms with Gasteiger partial charge in [0.05, 0.1) is 11.4 Å². The molecule has 1 aromatic heterocycles. The van der Waals surface area contributed by atoms with Crippen LogP contribution in [0.2, 0.25) is 0 Å². The van der Waals surface area contributed by atoms with Gasteiger partial charge in [-0.25, -0.2) is 4.39 Å². The maximum Gasteiger partial charge on any atom is 0.167 e. The molecule has 20 heavy (non-hydrogen) atoms. The summed E-state index contributed by atoms with van der Waals surface area (Å²) in [5.41, 5.74) is 2.33. The van der Waals surface area contributed by atoms with Gasteiger partial charge in [-0.2, -0.15) is 0 Å². The Hall–Kier alpha value is -1.94. The molecule has 106 valence electrons. The molecule has 0 aliphatic carbocycles. The second-order valence-electron chi connectivity index (χ2n) is 4.58. The molecule has 2 rings (SSSR count). The van der Waals surface area contributed by atoms with E-state index in [0.29, 0.717) is 5.56 Å². The average Bonchev–Trinajstić information content (AvgIpc) is 2.47. The molecule has 0 aliphatic rings. The normalized spacial score (nSPS) is 10.6. The van der Waals surface area contributed by atoms with Crippen molar-refractivity contribution in [2.24, 2.45) is 0 Å². The molecule has 0 saturated heterocycles. The third kappa shape index (κ3) is 3.78. The van der Waals surface area contributed by atoms with E-state index in [4.69, 9.17) is 4.74 Å². The summed E-state index contributed by atoms with van der Waals surface area (Å²) in [6, 6.07) is 10.9. The van der Waals surface area contributed by atoms with Crippen LogP contribution in [0, 0.1) is 12.7 Å². The third-order valence-corrected chi connectivity index (χ3v) is 2.95. The van der Waals surface area contributed by atoms with Gasteiger partial charge in [-0.1, -0.05) is 25.1 Å². The lowest BCUT2D eigenvalue weighted by Crippen LogP contribution is -2.13. The second kappa shape index (κ2) is 7.01. The van der Waals surface area contributed by atoms with Crippen LogP contribution in [0.4, 0.5) is 4.39 Å². The fourth-order valence-corrected chi connectivity index (χ4v) is 1.84. The van der Waals surface area contributed by atoms with Crippen molar-refractivity contribution in [2.45, 2.75) is 27.0 Å². The van der Waals surface area contributed by atoms with Gasteiger partial charge in [0.1, 0.15) is 6.61 Å². The lowest BCUT2D eigenvalue weighted by molar-refractivity contribution is 0.285. The Morgan fingerprint density at radius 1 is 1.15 bits per heavy atom. The van der Waals surface area contributed by atoms with Crippen molar-refractivity contribution in [1.82, 2.24) is 10.3 Å². The van der Waals surface area contributed by atoms with Gasteiger partial charge in [0.2, 0.25) is 0 Å². The molecule has 2 aromatic rings. The zero-order valence-corrected chi connectivity index (χ0v) is 11.8. The van der Waals surface area contributed by atoms with E-state index in [-0.39, 0.29) is 18.2 Å². The Bertz CT molecular complexity index is 572. The highest BCUT2D eigenvalue weighted by molar-refractivity contribution is 5.30. The number of benzene rings is 1. The van der Waals surface area contributed by atoms with E-state index in [0.717, 1.165) is 24.5 Å². The molecule has 0 amide bonds. The first-order chi connectivity index (χ1) is 9.70. The van der Waals surface area contributed by atoms with E-state index >= 15 is 0 Å². The van der Waals surface area contributed by atoms with Gasteiger partial charge >= 0.3 is 0 Å². The van der Waals surface area contributed by atoms with Gasteiger partial charge in [-0.05, 0) is 37.2 Å². The molecule has 4 heteroatoms. The zero-order chi connectivity index (χ0) is 14.4. The molecule has 0 bridgehead atoms. The van der Waals surface area contributed by atoms with E-state index in [2.05, 4.69) is 10.3 Å². The third-order valence-electron chi connectivity index (χ3n) is 2.95. The van der Waals surface area contributed by atoms with Gasteiger partial charge < -0.3 is 10.1 Å². The van der Waals surface area contributed by atoms with Gasteiger partial charge in [-0.15, -0.1) is 0 Å². The number of halogens is 1. The first-order valence-corrected chi connectivity index (χ1v) is 6.74. The van der Waals surface area contributed by atoms with E-state index in [1.54, 1.807) is 25.1 Å². The van der Waals surface area contributed by atoms with Crippen LogP contribution in [0.15, 0.2) is 36.4 Å². The SMILES string of the molecule is CCNCc1cccc(COc2cccc(C)c2F)n1. The van der Waals surface area contributed by atoms with Crippen molar-refractivity contribution in [1.29, 1.82) is 0 Å². The quantitative estimate of drug-likeness (QED) is 0.878. The smallest absolute Gasteiger partial charge is 0.167 e. The molecule has 1 heterocycles. The van der Waals surface area contributed by atoms with Crippen LogP contribution in [-0.4, -0.2) is 11.5 Å². The topological polar surface area (TPSA) is 34.1 Å². The molecule has 0 aliphatic heterocycles. The number of ether oxygens (including phenoxy) is 1. The van der Waals surface area contributed by atoms with Crippen molar-refractivity contribution in [2.75, 3.05) is 6.54 Å². The van der Waals surface area contributed by atoms with Crippen molar-refractivity contribution in [3.63, 3.8) is 0 Å². The summed E-state index contributed by atoms with van der Waals surface area (Å²) in [5, 5.41) is 3.22. The van der Waals surface area contributed by atoms with Crippen molar-refractivity contribution in [3.05, 3.63) is 59.2 Å². The predicted molar refractivity (Wildman–Crippen MR) is 77.1 cm³/mol. The Kier molecular flexibility index (Phi) is 5.07. The van der Waals surface area contributed by atoms with Crippen LogP contribution in [-0.2, 0) is 13.2 Å². The molecule has 3 nitrogen and oxygen atoms in total. The van der Waals surface area contributed by atoms with Crippen LogP contribution in [0.25, 0.3) is 0 Å². The number of hydrogen-bond donors (Lipinski definition) is 1. The van der Waals surface area contributed by atoms with E-state index < -0.39 is 0 Å². The monoisotopic (exact) mass is 274 g/mol. The molecule has 0 saturated carbocycles. The van der Waals surface area contributed by atoms with Crippen LogP contribution in [0.1, 0.15) is 23.9 Å². The first-order valence-electron chi connectivity index (χ1n) is 6.74. The minimum atomic E-state index is -0.309. The number of rotatable bonds is 6. The van der Waals surface area contributed by atoms with Crippen molar-refractivity contribution < 1.29 is 9.13 Å². The fraction of sp³-hybridized carbons (Fsp3) is 0.312. The van der Waals surface area contributed by atoms with Gasteiger partial charge in [0.15, 0.2) is 11.6 Å². The number of aryl methyl sites for hydroxylation is 1. The maximum absolute atomic E-state index is 13.8. The molecule has 0 atom stereocenters. The summed E-state index contributed by atoms with van der Waals surface area (Å²) < 4.78 is 19.3. The Labute approximate surface area is 118 Å².